The van der Waals surface area contributed by atoms with Gasteiger partial charge in [0, 0.05) is 0 Å². The van der Waals surface area contributed by atoms with Crippen molar-refractivity contribution in [2.24, 2.45) is 0 Å². The first-order chi connectivity index (χ1) is 10.3. The van der Waals surface area contributed by atoms with Crippen LogP contribution in [0.3, 0.4) is 0 Å². The molecule has 1 amide bonds. The van der Waals surface area contributed by atoms with Crippen LogP contribution >= 0.6 is 0 Å². The van der Waals surface area contributed by atoms with Crippen LogP contribution in [-0.4, -0.2) is 54.6 Å². The van der Waals surface area contributed by atoms with Gasteiger partial charge in [0.25, 0.3) is 0 Å². The Morgan fingerprint density at radius 1 is 1.38 bits per heavy atom. The summed E-state index contributed by atoms with van der Waals surface area (Å²) in [6, 6.07) is 5.68. The third-order valence-electron chi connectivity index (χ3n) is 3.53. The Morgan fingerprint density at radius 2 is 2.24 bits per heavy atom. The van der Waals surface area contributed by atoms with Crippen LogP contribution in [0.25, 0.3) is 11.0 Å². The Bertz CT molecular complexity index is 610. The van der Waals surface area contributed by atoms with E-state index in [1.54, 1.807) is 0 Å². The molecule has 1 saturated heterocycles. The van der Waals surface area contributed by atoms with Gasteiger partial charge in [-0.15, -0.1) is 0 Å². The van der Waals surface area contributed by atoms with Crippen LogP contribution in [0.5, 0.6) is 0 Å². The molecule has 2 N–H and O–H groups in total. The molecule has 0 spiro atoms. The van der Waals surface area contributed by atoms with Crippen LogP contribution in [0.15, 0.2) is 18.2 Å². The van der Waals surface area contributed by atoms with Crippen LogP contribution < -0.4 is 10.6 Å². The molecule has 0 radical (unpaired) electrons. The number of piperidine rings is 1. The first-order valence-electron chi connectivity index (χ1n) is 7.16. The Morgan fingerprint density at radius 3 is 3.10 bits per heavy atom. The fraction of sp³-hybridized carbons (Fsp3) is 0.500. The number of nitrogens with zero attached hydrogens (tertiary/aromatic N) is 2. The first kappa shape index (κ1) is 14.7. The third kappa shape index (κ3) is 3.89. The van der Waals surface area contributed by atoms with E-state index < -0.39 is 0 Å². The normalized spacial score (nSPS) is 16.2. The summed E-state index contributed by atoms with van der Waals surface area (Å²) in [5, 5.41) is 6.20. The molecule has 2 aromatic rings. The molecule has 112 valence electrons. The Hall–Kier alpha value is -1.27. The molecule has 2 heterocycles. The zero-order chi connectivity index (χ0) is 14.5. The second-order valence-corrected chi connectivity index (χ2v) is 6.16. The van der Waals surface area contributed by atoms with Gasteiger partial charge in [0.15, 0.2) is 0 Å². The van der Waals surface area contributed by atoms with Crippen LogP contribution in [-0.2, 0) is 9.53 Å². The van der Waals surface area contributed by atoms with E-state index in [4.69, 9.17) is 4.74 Å². The van der Waals surface area contributed by atoms with Gasteiger partial charge in [-0.3, -0.25) is 0 Å². The second-order valence-electron chi connectivity index (χ2n) is 5.06. The molecule has 0 unspecified atom stereocenters. The van der Waals surface area contributed by atoms with Crippen molar-refractivity contribution in [1.82, 2.24) is 13.3 Å². The minimum atomic E-state index is -0.0821. The van der Waals surface area contributed by atoms with E-state index >= 15 is 0 Å². The van der Waals surface area contributed by atoms with E-state index in [0.29, 0.717) is 13.0 Å². The van der Waals surface area contributed by atoms with Crippen molar-refractivity contribution in [2.75, 3.05) is 25.0 Å². The van der Waals surface area contributed by atoms with Crippen molar-refractivity contribution in [3.63, 3.8) is 0 Å². The number of fused-ring (bicyclic) bond motifs is 1. The van der Waals surface area contributed by atoms with Crippen molar-refractivity contribution in [1.29, 1.82) is 0 Å². The van der Waals surface area contributed by atoms with E-state index in [1.807, 2.05) is 18.2 Å². The summed E-state index contributed by atoms with van der Waals surface area (Å²) in [7, 11) is 0. The van der Waals surface area contributed by atoms with Crippen LogP contribution in [0.2, 0.25) is 0 Å². The van der Waals surface area contributed by atoms with Crippen molar-refractivity contribution >= 4 is 37.6 Å². The third-order valence-corrected chi connectivity index (χ3v) is 4.67. The number of anilines is 1. The molecular formula is C14H18N4O2Se. The monoisotopic (exact) mass is 354 g/mol. The fourth-order valence-corrected chi connectivity index (χ4v) is 3.55. The number of hydrogen-bond donors (Lipinski definition) is 2. The molecule has 1 aromatic heterocycles. The molecule has 21 heavy (non-hydrogen) atoms. The summed E-state index contributed by atoms with van der Waals surface area (Å²) in [5.41, 5.74) is 2.44. The average Bonchev–Trinajstić information content (AvgIpc) is 2.98. The van der Waals surface area contributed by atoms with Gasteiger partial charge in [-0.1, -0.05) is 0 Å². The SMILES string of the molecule is O=C(CCOC1CCNCC1)Nc1cccc2n[se]nc12. The molecule has 0 atom stereocenters. The van der Waals surface area contributed by atoms with Crippen LogP contribution in [0, 0.1) is 0 Å². The Labute approximate surface area is 129 Å². The van der Waals surface area contributed by atoms with Crippen molar-refractivity contribution in [3.8, 4) is 0 Å². The summed E-state index contributed by atoms with van der Waals surface area (Å²) in [6.07, 6.45) is 2.71. The molecule has 0 aliphatic carbocycles. The quantitative estimate of drug-likeness (QED) is 0.777. The van der Waals surface area contributed by atoms with Gasteiger partial charge < -0.3 is 0 Å². The zero-order valence-electron chi connectivity index (χ0n) is 11.7. The topological polar surface area (TPSA) is 76.1 Å². The summed E-state index contributed by atoms with van der Waals surface area (Å²) < 4.78 is 14.4. The zero-order valence-corrected chi connectivity index (χ0v) is 13.4. The molecule has 0 bridgehead atoms. The van der Waals surface area contributed by atoms with Crippen LogP contribution in [0.4, 0.5) is 5.69 Å². The summed E-state index contributed by atoms with van der Waals surface area (Å²) >= 11 is -0.0821. The van der Waals surface area contributed by atoms with E-state index in [9.17, 15) is 4.79 Å². The van der Waals surface area contributed by atoms with Gasteiger partial charge in [0.2, 0.25) is 0 Å². The predicted octanol–water partition coefficient (Wildman–Crippen LogP) is 0.784. The number of hydrogen-bond acceptors (Lipinski definition) is 5. The fourth-order valence-electron chi connectivity index (χ4n) is 2.40. The van der Waals surface area contributed by atoms with E-state index in [1.165, 1.54) is 0 Å². The van der Waals surface area contributed by atoms with Gasteiger partial charge in [0.05, 0.1) is 0 Å². The number of rotatable bonds is 5. The molecule has 1 aromatic carbocycles. The molecular weight excluding hydrogens is 335 g/mol. The number of amides is 1. The standard InChI is InChI=1S/C14H18N4O2Se/c19-13(6-9-20-10-4-7-15-8-5-10)16-11-2-1-3-12-14(11)18-21-17-12/h1-3,10,15H,4-9H2,(H,16,19). The van der Waals surface area contributed by atoms with Gasteiger partial charge >= 0.3 is 129 Å². The average molecular weight is 353 g/mol. The van der Waals surface area contributed by atoms with Gasteiger partial charge in [-0.2, -0.15) is 0 Å². The maximum atomic E-state index is 12.0. The Kier molecular flexibility index (Phi) is 4.98. The van der Waals surface area contributed by atoms with Gasteiger partial charge in [-0.25, -0.2) is 0 Å². The summed E-state index contributed by atoms with van der Waals surface area (Å²) in [5.74, 6) is -0.0352. The van der Waals surface area contributed by atoms with E-state index in [2.05, 4.69) is 18.6 Å². The molecule has 0 saturated carbocycles. The summed E-state index contributed by atoms with van der Waals surface area (Å²) in [4.78, 5) is 12.0. The molecule has 1 aliphatic rings. The number of aromatic nitrogens is 2. The maximum absolute atomic E-state index is 12.0. The Balaban J connectivity index is 1.48. The van der Waals surface area contributed by atoms with Crippen molar-refractivity contribution in [3.05, 3.63) is 18.2 Å². The number of carbonyl (C=O) groups is 1. The predicted molar refractivity (Wildman–Crippen MR) is 81.6 cm³/mol. The molecule has 1 fully saturated rings. The number of carbonyl (C=O) groups excluding carboxylic acids is 1. The first-order valence-corrected chi connectivity index (χ1v) is 8.69. The summed E-state index contributed by atoms with van der Waals surface area (Å²) in [6.45, 7) is 2.47. The number of nitrogens with one attached hydrogen (secondary N) is 2. The van der Waals surface area contributed by atoms with E-state index in [0.717, 1.165) is 42.7 Å². The van der Waals surface area contributed by atoms with Gasteiger partial charge in [0.1, 0.15) is 0 Å². The van der Waals surface area contributed by atoms with Crippen molar-refractivity contribution in [2.45, 2.75) is 25.4 Å². The molecule has 7 heteroatoms. The van der Waals surface area contributed by atoms with Crippen molar-refractivity contribution < 1.29 is 9.53 Å². The minimum absolute atomic E-state index is 0.0352. The molecule has 1 aliphatic heterocycles. The van der Waals surface area contributed by atoms with Gasteiger partial charge in [-0.05, 0) is 0 Å². The second kappa shape index (κ2) is 7.13. The molecule has 6 nitrogen and oxygen atoms in total. The molecule has 3 rings (SSSR count). The number of ether oxygens (including phenoxy) is 1. The number of benzene rings is 1. The van der Waals surface area contributed by atoms with E-state index in [-0.39, 0.29) is 27.0 Å². The van der Waals surface area contributed by atoms with Crippen LogP contribution in [0.1, 0.15) is 19.3 Å².